The number of nitrogens with one attached hydrogen (secondary N) is 1. The van der Waals surface area contributed by atoms with E-state index in [0.29, 0.717) is 10.7 Å². The molecule has 0 aliphatic heterocycles. The van der Waals surface area contributed by atoms with E-state index in [4.69, 9.17) is 17.3 Å². The average molecular weight is 310 g/mol. The number of fused-ring (bicyclic) bond motifs is 1. The number of nitrogens with zero attached hydrogens (tertiary/aromatic N) is 1. The molecule has 3 rings (SSSR count). The van der Waals surface area contributed by atoms with Crippen LogP contribution >= 0.6 is 22.9 Å². The van der Waals surface area contributed by atoms with E-state index in [9.17, 15) is 4.79 Å². The standard InChI is InChI=1S/C14H16ClN3OS/c15-10-5-6-11-13(17-7-20-11)12(10)18-14(19)8-1-3-9(16)4-2-8/h5-9H,1-4,16H2,(H,18,19). The lowest BCUT2D eigenvalue weighted by Crippen LogP contribution is -2.32. The van der Waals surface area contributed by atoms with Crippen molar-refractivity contribution >= 4 is 44.7 Å². The molecule has 0 atom stereocenters. The topological polar surface area (TPSA) is 68.0 Å². The summed E-state index contributed by atoms with van der Waals surface area (Å²) in [5.41, 5.74) is 9.03. The third-order valence-corrected chi connectivity index (χ3v) is 4.95. The number of nitrogens with two attached hydrogens (primary N) is 1. The Morgan fingerprint density at radius 2 is 2.10 bits per heavy atom. The Balaban J connectivity index is 1.80. The molecule has 6 heteroatoms. The number of anilines is 1. The number of rotatable bonds is 2. The molecule has 3 N–H and O–H groups in total. The number of benzene rings is 1. The summed E-state index contributed by atoms with van der Waals surface area (Å²) in [6, 6.07) is 3.96. The molecule has 0 saturated heterocycles. The highest BCUT2D eigenvalue weighted by Crippen LogP contribution is 2.33. The van der Waals surface area contributed by atoms with Gasteiger partial charge in [-0.1, -0.05) is 11.6 Å². The van der Waals surface area contributed by atoms with E-state index in [1.165, 1.54) is 11.3 Å². The molecule has 1 amide bonds. The monoisotopic (exact) mass is 309 g/mol. The lowest BCUT2D eigenvalue weighted by molar-refractivity contribution is -0.120. The lowest BCUT2D eigenvalue weighted by atomic mass is 9.86. The van der Waals surface area contributed by atoms with Gasteiger partial charge in [-0.15, -0.1) is 11.3 Å². The van der Waals surface area contributed by atoms with E-state index in [1.54, 1.807) is 11.6 Å². The van der Waals surface area contributed by atoms with Gasteiger partial charge in [0.1, 0.15) is 5.52 Å². The number of hydrogen-bond acceptors (Lipinski definition) is 4. The molecule has 20 heavy (non-hydrogen) atoms. The van der Waals surface area contributed by atoms with Crippen LogP contribution in [-0.4, -0.2) is 16.9 Å². The van der Waals surface area contributed by atoms with E-state index in [2.05, 4.69) is 10.3 Å². The van der Waals surface area contributed by atoms with Crippen LogP contribution in [0.15, 0.2) is 17.6 Å². The second-order valence-electron chi connectivity index (χ2n) is 5.22. The molecule has 4 nitrogen and oxygen atoms in total. The van der Waals surface area contributed by atoms with Crippen molar-refractivity contribution in [3.8, 4) is 0 Å². The number of halogens is 1. The molecule has 1 saturated carbocycles. The van der Waals surface area contributed by atoms with Gasteiger partial charge in [-0.3, -0.25) is 4.79 Å². The predicted molar refractivity (Wildman–Crippen MR) is 83.2 cm³/mol. The van der Waals surface area contributed by atoms with Gasteiger partial charge in [0, 0.05) is 12.0 Å². The summed E-state index contributed by atoms with van der Waals surface area (Å²) < 4.78 is 1.02. The maximum Gasteiger partial charge on any atom is 0.227 e. The van der Waals surface area contributed by atoms with Crippen LogP contribution in [0.4, 0.5) is 5.69 Å². The Labute approximate surface area is 126 Å². The molecule has 0 unspecified atom stereocenters. The van der Waals surface area contributed by atoms with Crippen molar-refractivity contribution in [3.63, 3.8) is 0 Å². The van der Waals surface area contributed by atoms with Crippen LogP contribution in [0.25, 0.3) is 10.2 Å². The largest absolute Gasteiger partial charge is 0.328 e. The molecule has 1 aliphatic rings. The highest BCUT2D eigenvalue weighted by molar-refractivity contribution is 7.16. The Bertz CT molecular complexity index is 634. The van der Waals surface area contributed by atoms with E-state index >= 15 is 0 Å². The van der Waals surface area contributed by atoms with Gasteiger partial charge in [0.2, 0.25) is 5.91 Å². The van der Waals surface area contributed by atoms with Crippen molar-refractivity contribution in [3.05, 3.63) is 22.7 Å². The van der Waals surface area contributed by atoms with Gasteiger partial charge in [-0.25, -0.2) is 4.98 Å². The molecule has 1 aromatic heterocycles. The van der Waals surface area contributed by atoms with Gasteiger partial charge < -0.3 is 11.1 Å². The first kappa shape index (κ1) is 13.8. The fraction of sp³-hybridized carbons (Fsp3) is 0.429. The van der Waals surface area contributed by atoms with Crippen LogP contribution in [-0.2, 0) is 4.79 Å². The SMILES string of the molecule is NC1CCC(C(=O)Nc2c(Cl)ccc3scnc23)CC1. The number of thiazole rings is 1. The Kier molecular flexibility index (Phi) is 3.92. The fourth-order valence-corrected chi connectivity index (χ4v) is 3.52. The third kappa shape index (κ3) is 2.66. The number of amides is 1. The van der Waals surface area contributed by atoms with Crippen LogP contribution in [0, 0.1) is 5.92 Å². The first-order valence-corrected chi connectivity index (χ1v) is 7.99. The summed E-state index contributed by atoms with van der Waals surface area (Å²) >= 11 is 7.73. The molecule has 106 valence electrons. The van der Waals surface area contributed by atoms with Crippen LogP contribution in [0.3, 0.4) is 0 Å². The van der Waals surface area contributed by atoms with Gasteiger partial charge in [-0.2, -0.15) is 0 Å². The average Bonchev–Trinajstić information content (AvgIpc) is 2.91. The van der Waals surface area contributed by atoms with Crippen LogP contribution in [0.5, 0.6) is 0 Å². The second-order valence-corrected chi connectivity index (χ2v) is 6.52. The predicted octanol–water partition coefficient (Wildman–Crippen LogP) is 3.41. The molecule has 0 spiro atoms. The zero-order chi connectivity index (χ0) is 14.1. The molecular weight excluding hydrogens is 294 g/mol. The molecule has 2 aromatic rings. The normalized spacial score (nSPS) is 22.9. The Morgan fingerprint density at radius 3 is 2.85 bits per heavy atom. The number of carbonyl (C=O) groups excluding carboxylic acids is 1. The minimum absolute atomic E-state index is 0.0271. The highest BCUT2D eigenvalue weighted by atomic mass is 35.5. The summed E-state index contributed by atoms with van der Waals surface area (Å²) in [6.45, 7) is 0. The maximum atomic E-state index is 12.4. The van der Waals surface area contributed by atoms with Crippen LogP contribution in [0.2, 0.25) is 5.02 Å². The number of hydrogen-bond donors (Lipinski definition) is 2. The highest BCUT2D eigenvalue weighted by Gasteiger charge is 2.25. The van der Waals surface area contributed by atoms with Gasteiger partial charge in [-0.05, 0) is 37.8 Å². The van der Waals surface area contributed by atoms with Gasteiger partial charge in [0.05, 0.1) is 20.9 Å². The minimum atomic E-state index is 0.0271. The van der Waals surface area contributed by atoms with E-state index < -0.39 is 0 Å². The molecule has 1 aliphatic carbocycles. The summed E-state index contributed by atoms with van der Waals surface area (Å²) in [5.74, 6) is 0.0547. The van der Waals surface area contributed by atoms with Crippen LogP contribution in [0.1, 0.15) is 25.7 Å². The fourth-order valence-electron chi connectivity index (χ4n) is 2.63. The molecule has 1 heterocycles. The van der Waals surface area contributed by atoms with Crippen molar-refractivity contribution in [2.75, 3.05) is 5.32 Å². The van der Waals surface area contributed by atoms with Gasteiger partial charge >= 0.3 is 0 Å². The Morgan fingerprint density at radius 1 is 1.35 bits per heavy atom. The molecule has 1 fully saturated rings. The van der Waals surface area contributed by atoms with Gasteiger partial charge in [0.15, 0.2) is 0 Å². The zero-order valence-corrected chi connectivity index (χ0v) is 12.5. The number of aromatic nitrogens is 1. The van der Waals surface area contributed by atoms with Crippen molar-refractivity contribution in [2.45, 2.75) is 31.7 Å². The van der Waals surface area contributed by atoms with Crippen LogP contribution < -0.4 is 11.1 Å². The maximum absolute atomic E-state index is 12.4. The molecular formula is C14H16ClN3OS. The molecule has 0 radical (unpaired) electrons. The van der Waals surface area contributed by atoms with E-state index in [0.717, 1.165) is 35.9 Å². The smallest absolute Gasteiger partial charge is 0.227 e. The quantitative estimate of drug-likeness (QED) is 0.893. The second kappa shape index (κ2) is 5.68. The molecule has 1 aromatic carbocycles. The minimum Gasteiger partial charge on any atom is -0.328 e. The first-order chi connectivity index (χ1) is 9.65. The van der Waals surface area contributed by atoms with Crippen molar-refractivity contribution in [2.24, 2.45) is 11.7 Å². The summed E-state index contributed by atoms with van der Waals surface area (Å²) in [5, 5.41) is 3.49. The number of carbonyl (C=O) groups is 1. The molecule has 0 bridgehead atoms. The van der Waals surface area contributed by atoms with Crippen molar-refractivity contribution in [1.82, 2.24) is 4.98 Å². The lowest BCUT2D eigenvalue weighted by Gasteiger charge is -2.25. The van der Waals surface area contributed by atoms with Gasteiger partial charge in [0.25, 0.3) is 0 Å². The summed E-state index contributed by atoms with van der Waals surface area (Å²) in [7, 11) is 0. The van der Waals surface area contributed by atoms with E-state index in [-0.39, 0.29) is 17.9 Å². The zero-order valence-electron chi connectivity index (χ0n) is 10.9. The van der Waals surface area contributed by atoms with Crippen molar-refractivity contribution < 1.29 is 4.79 Å². The first-order valence-electron chi connectivity index (χ1n) is 6.73. The summed E-state index contributed by atoms with van der Waals surface area (Å²) in [4.78, 5) is 16.6. The van der Waals surface area contributed by atoms with E-state index in [1.807, 2.05) is 6.07 Å². The summed E-state index contributed by atoms with van der Waals surface area (Å²) in [6.07, 6.45) is 3.51. The van der Waals surface area contributed by atoms with Crippen molar-refractivity contribution in [1.29, 1.82) is 0 Å². The Hall–Kier alpha value is -1.17. The third-order valence-electron chi connectivity index (χ3n) is 3.84.